The predicted octanol–water partition coefficient (Wildman–Crippen LogP) is 2.47. The number of carbonyl (C=O) groups excluding carboxylic acids is 1. The number of nitrogens with zero attached hydrogens (tertiary/aromatic N) is 2. The standard InChI is InChI=1S/C16H26N4O.HI/c1-16(2,3)19-15(17-4)18-11-12-7-9-13(10-8-12)14(21)20(5)6;/h7-10H,11H2,1-6H3,(H2,17,18,19);1H. The summed E-state index contributed by atoms with van der Waals surface area (Å²) in [6, 6.07) is 7.60. The van der Waals surface area contributed by atoms with E-state index in [4.69, 9.17) is 0 Å². The molecule has 0 heterocycles. The quantitative estimate of drug-likeness (QED) is 0.451. The molecule has 1 rings (SSSR count). The highest BCUT2D eigenvalue weighted by atomic mass is 127. The fraction of sp³-hybridized carbons (Fsp3) is 0.500. The van der Waals surface area contributed by atoms with Gasteiger partial charge in [-0.15, -0.1) is 24.0 Å². The number of halogens is 1. The van der Waals surface area contributed by atoms with Crippen molar-refractivity contribution in [3.8, 4) is 0 Å². The van der Waals surface area contributed by atoms with E-state index in [0.717, 1.165) is 11.5 Å². The zero-order valence-corrected chi connectivity index (χ0v) is 16.6. The fourth-order valence-electron chi connectivity index (χ4n) is 1.74. The minimum atomic E-state index is -0.0379. The van der Waals surface area contributed by atoms with Crippen LogP contribution in [0.4, 0.5) is 0 Å². The Morgan fingerprint density at radius 3 is 2.14 bits per heavy atom. The topological polar surface area (TPSA) is 56.7 Å². The molecule has 0 saturated carbocycles. The highest BCUT2D eigenvalue weighted by molar-refractivity contribution is 14.0. The predicted molar refractivity (Wildman–Crippen MR) is 103 cm³/mol. The van der Waals surface area contributed by atoms with Crippen LogP contribution in [-0.2, 0) is 6.54 Å². The third-order valence-electron chi connectivity index (χ3n) is 2.78. The molecule has 124 valence electrons. The molecule has 1 aromatic rings. The van der Waals surface area contributed by atoms with Gasteiger partial charge in [0.2, 0.25) is 0 Å². The minimum absolute atomic E-state index is 0. The van der Waals surface area contributed by atoms with Crippen molar-refractivity contribution >= 4 is 35.8 Å². The van der Waals surface area contributed by atoms with Crippen molar-refractivity contribution in [2.24, 2.45) is 4.99 Å². The minimum Gasteiger partial charge on any atom is -0.352 e. The van der Waals surface area contributed by atoms with Gasteiger partial charge in [-0.3, -0.25) is 9.79 Å². The molecule has 0 bridgehead atoms. The first kappa shape index (κ1) is 20.7. The average Bonchev–Trinajstić information content (AvgIpc) is 2.41. The third-order valence-corrected chi connectivity index (χ3v) is 2.78. The lowest BCUT2D eigenvalue weighted by molar-refractivity contribution is 0.0827. The molecular formula is C16H27IN4O. The lowest BCUT2D eigenvalue weighted by Gasteiger charge is -2.23. The number of hydrogen-bond donors (Lipinski definition) is 2. The van der Waals surface area contributed by atoms with Crippen LogP contribution in [0.3, 0.4) is 0 Å². The second-order valence-corrected chi connectivity index (χ2v) is 6.20. The summed E-state index contributed by atoms with van der Waals surface area (Å²) >= 11 is 0. The van der Waals surface area contributed by atoms with E-state index in [2.05, 4.69) is 36.4 Å². The first-order valence-corrected chi connectivity index (χ1v) is 7.02. The van der Waals surface area contributed by atoms with Gasteiger partial charge in [0, 0.05) is 38.8 Å². The van der Waals surface area contributed by atoms with Crippen LogP contribution in [0, 0.1) is 0 Å². The molecular weight excluding hydrogens is 391 g/mol. The molecule has 5 nitrogen and oxygen atoms in total. The maximum Gasteiger partial charge on any atom is 0.253 e. The largest absolute Gasteiger partial charge is 0.352 e. The molecule has 0 aliphatic rings. The summed E-state index contributed by atoms with van der Waals surface area (Å²) in [5, 5.41) is 6.56. The SMILES string of the molecule is CN=C(NCc1ccc(C(=O)N(C)C)cc1)NC(C)(C)C.I. The summed E-state index contributed by atoms with van der Waals surface area (Å²) in [6.45, 7) is 6.91. The van der Waals surface area contributed by atoms with Gasteiger partial charge in [0.15, 0.2) is 5.96 Å². The maximum atomic E-state index is 11.8. The molecule has 22 heavy (non-hydrogen) atoms. The molecule has 0 aliphatic carbocycles. The van der Waals surface area contributed by atoms with Gasteiger partial charge in [-0.25, -0.2) is 0 Å². The van der Waals surface area contributed by atoms with Crippen molar-refractivity contribution in [1.29, 1.82) is 0 Å². The van der Waals surface area contributed by atoms with E-state index in [0.29, 0.717) is 12.1 Å². The summed E-state index contributed by atoms with van der Waals surface area (Å²) in [5.74, 6) is 0.774. The summed E-state index contributed by atoms with van der Waals surface area (Å²) in [7, 11) is 5.25. The zero-order valence-electron chi connectivity index (χ0n) is 14.2. The van der Waals surface area contributed by atoms with Crippen LogP contribution < -0.4 is 10.6 Å². The summed E-state index contributed by atoms with van der Waals surface area (Å²) < 4.78 is 0. The van der Waals surface area contributed by atoms with E-state index >= 15 is 0 Å². The highest BCUT2D eigenvalue weighted by Gasteiger charge is 2.11. The lowest BCUT2D eigenvalue weighted by Crippen LogP contribution is -2.47. The van der Waals surface area contributed by atoms with Crippen LogP contribution in [0.25, 0.3) is 0 Å². The molecule has 0 fully saturated rings. The van der Waals surface area contributed by atoms with E-state index in [1.807, 2.05) is 24.3 Å². The number of rotatable bonds is 3. The van der Waals surface area contributed by atoms with Gasteiger partial charge in [-0.1, -0.05) is 12.1 Å². The highest BCUT2D eigenvalue weighted by Crippen LogP contribution is 2.06. The van der Waals surface area contributed by atoms with Crippen LogP contribution in [0.2, 0.25) is 0 Å². The van der Waals surface area contributed by atoms with Gasteiger partial charge < -0.3 is 15.5 Å². The number of guanidine groups is 1. The van der Waals surface area contributed by atoms with Gasteiger partial charge in [0.25, 0.3) is 5.91 Å². The lowest BCUT2D eigenvalue weighted by atomic mass is 10.1. The van der Waals surface area contributed by atoms with Crippen LogP contribution in [-0.4, -0.2) is 43.4 Å². The molecule has 0 aliphatic heterocycles. The Bertz CT molecular complexity index is 504. The van der Waals surface area contributed by atoms with Crippen molar-refractivity contribution in [1.82, 2.24) is 15.5 Å². The molecule has 2 N–H and O–H groups in total. The molecule has 0 atom stereocenters. The van der Waals surface area contributed by atoms with Gasteiger partial charge in [-0.05, 0) is 38.5 Å². The van der Waals surface area contributed by atoms with Crippen LogP contribution in [0.5, 0.6) is 0 Å². The second kappa shape index (κ2) is 8.97. The number of carbonyl (C=O) groups is 1. The number of aliphatic imine (C=N–C) groups is 1. The van der Waals surface area contributed by atoms with Crippen molar-refractivity contribution < 1.29 is 4.79 Å². The van der Waals surface area contributed by atoms with E-state index in [9.17, 15) is 4.79 Å². The molecule has 0 aromatic heterocycles. The van der Waals surface area contributed by atoms with E-state index in [-0.39, 0.29) is 35.4 Å². The number of nitrogens with one attached hydrogen (secondary N) is 2. The van der Waals surface area contributed by atoms with Gasteiger partial charge in [-0.2, -0.15) is 0 Å². The summed E-state index contributed by atoms with van der Waals surface area (Å²) in [6.07, 6.45) is 0. The summed E-state index contributed by atoms with van der Waals surface area (Å²) in [5.41, 5.74) is 1.76. The third kappa shape index (κ3) is 7.11. The van der Waals surface area contributed by atoms with E-state index in [1.165, 1.54) is 0 Å². The van der Waals surface area contributed by atoms with Crippen molar-refractivity contribution in [3.63, 3.8) is 0 Å². The first-order valence-electron chi connectivity index (χ1n) is 7.02. The van der Waals surface area contributed by atoms with Crippen LogP contribution >= 0.6 is 24.0 Å². The van der Waals surface area contributed by atoms with Gasteiger partial charge >= 0.3 is 0 Å². The van der Waals surface area contributed by atoms with E-state index in [1.54, 1.807) is 26.0 Å². The Morgan fingerprint density at radius 2 is 1.73 bits per heavy atom. The fourth-order valence-corrected chi connectivity index (χ4v) is 1.74. The van der Waals surface area contributed by atoms with Crippen molar-refractivity contribution in [2.45, 2.75) is 32.9 Å². The Balaban J connectivity index is 0.00000441. The Morgan fingerprint density at radius 1 is 1.18 bits per heavy atom. The molecule has 6 heteroatoms. The first-order chi connectivity index (χ1) is 9.73. The Kier molecular flexibility index (Phi) is 8.44. The zero-order chi connectivity index (χ0) is 16.0. The van der Waals surface area contributed by atoms with Crippen LogP contribution in [0.1, 0.15) is 36.7 Å². The van der Waals surface area contributed by atoms with Gasteiger partial charge in [0.05, 0.1) is 0 Å². The second-order valence-electron chi connectivity index (χ2n) is 6.20. The molecule has 1 amide bonds. The maximum absolute atomic E-state index is 11.8. The smallest absolute Gasteiger partial charge is 0.253 e. The number of amides is 1. The Labute approximate surface area is 150 Å². The molecule has 0 spiro atoms. The monoisotopic (exact) mass is 418 g/mol. The van der Waals surface area contributed by atoms with E-state index < -0.39 is 0 Å². The van der Waals surface area contributed by atoms with Crippen molar-refractivity contribution in [2.75, 3.05) is 21.1 Å². The number of benzene rings is 1. The molecule has 0 saturated heterocycles. The van der Waals surface area contributed by atoms with Gasteiger partial charge in [0.1, 0.15) is 0 Å². The normalized spacial score (nSPS) is 11.5. The average molecular weight is 418 g/mol. The molecule has 0 radical (unpaired) electrons. The Hall–Kier alpha value is -1.31. The summed E-state index contributed by atoms with van der Waals surface area (Å²) in [4.78, 5) is 17.6. The van der Waals surface area contributed by atoms with Crippen molar-refractivity contribution in [3.05, 3.63) is 35.4 Å². The molecule has 0 unspecified atom stereocenters. The molecule has 1 aromatic carbocycles. The van der Waals surface area contributed by atoms with Crippen LogP contribution in [0.15, 0.2) is 29.3 Å². The number of hydrogen-bond acceptors (Lipinski definition) is 2.